The number of morpholine rings is 1. The highest BCUT2D eigenvalue weighted by Crippen LogP contribution is 2.39. The smallest absolute Gasteiger partial charge is 0.251 e. The molecule has 0 unspecified atom stereocenters. The molecule has 2 saturated heterocycles. The summed E-state index contributed by atoms with van der Waals surface area (Å²) < 4.78 is 17.3. The largest absolute Gasteiger partial charge is 0.493 e. The number of amides is 1. The van der Waals surface area contributed by atoms with Crippen LogP contribution in [0, 0.1) is 0 Å². The molecule has 0 aliphatic carbocycles. The number of likely N-dealkylation sites (tertiary alicyclic amines) is 1. The first kappa shape index (κ1) is 27.5. The van der Waals surface area contributed by atoms with Crippen LogP contribution in [0.1, 0.15) is 19.8 Å². The van der Waals surface area contributed by atoms with Gasteiger partial charge in [-0.1, -0.05) is 0 Å². The minimum atomic E-state index is -1.00. The summed E-state index contributed by atoms with van der Waals surface area (Å²) in [6.07, 6.45) is 1.85. The average Bonchev–Trinajstić information content (AvgIpc) is 2.99. The second kappa shape index (κ2) is 12.4. The number of carbonyl (C=O) groups excluding carboxylic acids is 1. The zero-order chi connectivity index (χ0) is 28.1. The van der Waals surface area contributed by atoms with Gasteiger partial charge in [-0.2, -0.15) is 0 Å². The van der Waals surface area contributed by atoms with Gasteiger partial charge in [0.25, 0.3) is 5.91 Å². The van der Waals surface area contributed by atoms with Crippen molar-refractivity contribution in [1.82, 2.24) is 14.9 Å². The molecular weight excluding hydrogens is 512 g/mol. The monoisotopic (exact) mass is 548 g/mol. The molecule has 40 heavy (non-hydrogen) atoms. The Hall–Kier alpha value is -4.09. The maximum Gasteiger partial charge on any atom is 0.251 e. The Labute approximate surface area is 233 Å². The molecule has 2 aliphatic rings. The number of anilines is 4. The topological polar surface area (TPSA) is 135 Å². The van der Waals surface area contributed by atoms with Crippen LogP contribution in [0.25, 0.3) is 11.3 Å². The molecule has 0 spiro atoms. The van der Waals surface area contributed by atoms with E-state index in [1.807, 2.05) is 30.3 Å². The van der Waals surface area contributed by atoms with Crippen LogP contribution >= 0.6 is 0 Å². The number of ether oxygens (including phenoxy) is 3. The SMILES string of the molecule is COc1cc(-c2ccnc(Nc3ccc(N4CCOCC4)cc3)n2)cc(N)c1OC1CCN(C(=O)[C@@H](C)O)CC1. The molecule has 0 bridgehead atoms. The molecule has 212 valence electrons. The van der Waals surface area contributed by atoms with Crippen molar-refractivity contribution in [2.75, 3.05) is 62.5 Å². The zero-order valence-electron chi connectivity index (χ0n) is 22.9. The number of methoxy groups -OCH3 is 1. The molecule has 1 atom stereocenters. The van der Waals surface area contributed by atoms with Crippen LogP contribution in [0.5, 0.6) is 11.5 Å². The predicted octanol–water partition coefficient (Wildman–Crippen LogP) is 3.07. The fourth-order valence-electron chi connectivity index (χ4n) is 4.96. The zero-order valence-corrected chi connectivity index (χ0v) is 22.9. The van der Waals surface area contributed by atoms with E-state index in [9.17, 15) is 9.90 Å². The number of nitrogens with two attached hydrogens (primary N) is 1. The summed E-state index contributed by atoms with van der Waals surface area (Å²) in [5, 5.41) is 12.8. The molecule has 1 aromatic heterocycles. The summed E-state index contributed by atoms with van der Waals surface area (Å²) in [5.41, 5.74) is 10.4. The van der Waals surface area contributed by atoms with Crippen molar-refractivity contribution in [3.63, 3.8) is 0 Å². The van der Waals surface area contributed by atoms with Crippen LogP contribution in [0.2, 0.25) is 0 Å². The molecule has 3 heterocycles. The Bertz CT molecular complexity index is 1300. The second-order valence-electron chi connectivity index (χ2n) is 9.95. The molecular formula is C29H36N6O5. The Balaban J connectivity index is 1.26. The number of hydrogen-bond donors (Lipinski definition) is 3. The number of nitrogen functional groups attached to an aromatic ring is 1. The van der Waals surface area contributed by atoms with Crippen molar-refractivity contribution in [2.45, 2.75) is 32.0 Å². The van der Waals surface area contributed by atoms with Gasteiger partial charge in [-0.25, -0.2) is 9.97 Å². The van der Waals surface area contributed by atoms with E-state index in [2.05, 4.69) is 27.3 Å². The van der Waals surface area contributed by atoms with E-state index in [1.165, 1.54) is 6.92 Å². The average molecular weight is 549 g/mol. The Morgan fingerprint density at radius 3 is 2.52 bits per heavy atom. The standard InChI is InChI=1S/C29H36N6O5/c1-19(36)28(37)35-11-8-23(9-12-35)40-27-24(30)17-20(18-26(27)38-2)25-7-10-31-29(33-25)32-21-3-5-22(6-4-21)34-13-15-39-16-14-34/h3-7,10,17-19,23,36H,8-9,11-16,30H2,1-2H3,(H,31,32,33)/t19-/m1/s1. The van der Waals surface area contributed by atoms with Crippen LogP contribution in [0.4, 0.5) is 23.0 Å². The van der Waals surface area contributed by atoms with E-state index in [1.54, 1.807) is 18.2 Å². The molecule has 1 amide bonds. The molecule has 0 radical (unpaired) electrons. The number of benzene rings is 2. The summed E-state index contributed by atoms with van der Waals surface area (Å²) >= 11 is 0. The van der Waals surface area contributed by atoms with E-state index >= 15 is 0 Å². The van der Waals surface area contributed by atoms with Gasteiger partial charge < -0.3 is 40.2 Å². The van der Waals surface area contributed by atoms with Gasteiger partial charge in [-0.05, 0) is 49.4 Å². The second-order valence-corrected chi connectivity index (χ2v) is 9.95. The van der Waals surface area contributed by atoms with E-state index in [-0.39, 0.29) is 12.0 Å². The number of hydrogen-bond acceptors (Lipinski definition) is 10. The van der Waals surface area contributed by atoms with E-state index in [0.717, 1.165) is 43.2 Å². The predicted molar refractivity (Wildman–Crippen MR) is 153 cm³/mol. The lowest BCUT2D eigenvalue weighted by Crippen LogP contribution is -2.45. The van der Waals surface area contributed by atoms with E-state index in [0.29, 0.717) is 54.8 Å². The molecule has 2 aromatic carbocycles. The lowest BCUT2D eigenvalue weighted by atomic mass is 10.1. The van der Waals surface area contributed by atoms with Gasteiger partial charge in [-0.15, -0.1) is 0 Å². The number of nitrogens with one attached hydrogen (secondary N) is 1. The molecule has 11 heteroatoms. The highest BCUT2D eigenvalue weighted by molar-refractivity contribution is 5.80. The molecule has 11 nitrogen and oxygen atoms in total. The minimum absolute atomic E-state index is 0.121. The van der Waals surface area contributed by atoms with Gasteiger partial charge in [0.1, 0.15) is 12.2 Å². The van der Waals surface area contributed by atoms with Crippen LogP contribution in [-0.4, -0.2) is 84.6 Å². The van der Waals surface area contributed by atoms with Gasteiger partial charge in [-0.3, -0.25) is 4.79 Å². The van der Waals surface area contributed by atoms with Gasteiger partial charge in [0.2, 0.25) is 5.95 Å². The van der Waals surface area contributed by atoms with Gasteiger partial charge in [0.05, 0.1) is 31.7 Å². The third-order valence-electron chi connectivity index (χ3n) is 7.15. The number of rotatable bonds is 8. The molecule has 5 rings (SSSR count). The lowest BCUT2D eigenvalue weighted by molar-refractivity contribution is -0.141. The quantitative estimate of drug-likeness (QED) is 0.361. The lowest BCUT2D eigenvalue weighted by Gasteiger charge is -2.33. The number of carbonyl (C=O) groups is 1. The number of aliphatic hydroxyl groups excluding tert-OH is 1. The molecule has 3 aromatic rings. The number of aliphatic hydroxyl groups is 1. The normalized spacial score (nSPS) is 16.9. The summed E-state index contributed by atoms with van der Waals surface area (Å²) in [5.74, 6) is 1.18. The summed E-state index contributed by atoms with van der Waals surface area (Å²) in [6.45, 7) is 5.78. The Morgan fingerprint density at radius 1 is 1.12 bits per heavy atom. The van der Waals surface area contributed by atoms with Crippen LogP contribution < -0.4 is 25.4 Å². The van der Waals surface area contributed by atoms with Crippen molar-refractivity contribution < 1.29 is 24.1 Å². The number of piperidine rings is 1. The first-order valence-electron chi connectivity index (χ1n) is 13.6. The third kappa shape index (κ3) is 6.37. The van der Waals surface area contributed by atoms with E-state index in [4.69, 9.17) is 24.9 Å². The van der Waals surface area contributed by atoms with Crippen molar-refractivity contribution in [1.29, 1.82) is 0 Å². The minimum Gasteiger partial charge on any atom is -0.493 e. The Morgan fingerprint density at radius 2 is 1.85 bits per heavy atom. The summed E-state index contributed by atoms with van der Waals surface area (Å²) in [7, 11) is 1.57. The summed E-state index contributed by atoms with van der Waals surface area (Å²) in [6, 6.07) is 13.7. The summed E-state index contributed by atoms with van der Waals surface area (Å²) in [4.78, 5) is 25.1. The van der Waals surface area contributed by atoms with E-state index < -0.39 is 6.10 Å². The first-order valence-corrected chi connectivity index (χ1v) is 13.6. The van der Waals surface area contributed by atoms with Crippen molar-refractivity contribution >= 4 is 28.9 Å². The fourth-order valence-corrected chi connectivity index (χ4v) is 4.96. The van der Waals surface area contributed by atoms with Crippen molar-refractivity contribution in [3.8, 4) is 22.8 Å². The highest BCUT2D eigenvalue weighted by Gasteiger charge is 2.27. The van der Waals surface area contributed by atoms with Crippen LogP contribution in [0.15, 0.2) is 48.7 Å². The Kier molecular flexibility index (Phi) is 8.51. The third-order valence-corrected chi connectivity index (χ3v) is 7.15. The van der Waals surface area contributed by atoms with Gasteiger partial charge in [0, 0.05) is 62.2 Å². The number of aromatic nitrogens is 2. The molecule has 2 aliphatic heterocycles. The maximum atomic E-state index is 12.1. The van der Waals surface area contributed by atoms with Gasteiger partial charge >= 0.3 is 0 Å². The molecule has 0 saturated carbocycles. The highest BCUT2D eigenvalue weighted by atomic mass is 16.5. The van der Waals surface area contributed by atoms with Crippen LogP contribution in [0.3, 0.4) is 0 Å². The van der Waals surface area contributed by atoms with Crippen molar-refractivity contribution in [3.05, 3.63) is 48.7 Å². The van der Waals surface area contributed by atoms with Crippen LogP contribution in [-0.2, 0) is 9.53 Å². The fraction of sp³-hybridized carbons (Fsp3) is 0.414. The number of nitrogens with zero attached hydrogens (tertiary/aromatic N) is 4. The molecule has 2 fully saturated rings. The first-order chi connectivity index (χ1) is 19.4. The van der Waals surface area contributed by atoms with Gasteiger partial charge in [0.15, 0.2) is 11.5 Å². The van der Waals surface area contributed by atoms with Crippen molar-refractivity contribution in [2.24, 2.45) is 0 Å². The molecule has 4 N–H and O–H groups in total. The maximum absolute atomic E-state index is 12.1.